The van der Waals surface area contributed by atoms with Crippen LogP contribution in [0.5, 0.6) is 0 Å². The Hall–Kier alpha value is -1.45. The van der Waals surface area contributed by atoms with Crippen LogP contribution in [0.4, 0.5) is 0 Å². The van der Waals surface area contributed by atoms with E-state index in [2.05, 4.69) is 10.0 Å². The van der Waals surface area contributed by atoms with Crippen molar-refractivity contribution in [2.24, 2.45) is 5.92 Å². The van der Waals surface area contributed by atoms with Crippen molar-refractivity contribution < 1.29 is 23.1 Å². The predicted molar refractivity (Wildman–Crippen MR) is 78.6 cm³/mol. The minimum Gasteiger partial charge on any atom is -0.481 e. The summed E-state index contributed by atoms with van der Waals surface area (Å²) in [4.78, 5) is 22.3. The molecule has 1 aromatic heterocycles. The van der Waals surface area contributed by atoms with E-state index in [4.69, 9.17) is 5.11 Å². The number of aliphatic carboxylic acids is 1. The largest absolute Gasteiger partial charge is 0.481 e. The van der Waals surface area contributed by atoms with Crippen LogP contribution in [0.25, 0.3) is 0 Å². The smallest absolute Gasteiger partial charge is 0.308 e. The fourth-order valence-electron chi connectivity index (χ4n) is 1.52. The lowest BCUT2D eigenvalue weighted by molar-refractivity contribution is -0.141. The lowest BCUT2D eigenvalue weighted by atomic mass is 10.1. The van der Waals surface area contributed by atoms with Gasteiger partial charge in [-0.05, 0) is 17.9 Å². The van der Waals surface area contributed by atoms with E-state index in [0.717, 1.165) is 11.3 Å². The molecule has 0 radical (unpaired) electrons. The molecule has 0 aromatic carbocycles. The van der Waals surface area contributed by atoms with Gasteiger partial charge in [-0.1, -0.05) is 13.0 Å². The van der Waals surface area contributed by atoms with Gasteiger partial charge in [0.25, 0.3) is 0 Å². The zero-order valence-corrected chi connectivity index (χ0v) is 13.2. The van der Waals surface area contributed by atoms with Gasteiger partial charge in [0.1, 0.15) is 4.21 Å². The molecule has 0 fully saturated rings. The molecule has 9 heteroatoms. The number of rotatable bonds is 9. The Labute approximate surface area is 127 Å². The highest BCUT2D eigenvalue weighted by atomic mass is 32.2. The summed E-state index contributed by atoms with van der Waals surface area (Å²) in [6.07, 6.45) is 0.376. The summed E-state index contributed by atoms with van der Waals surface area (Å²) in [5, 5.41) is 13.0. The van der Waals surface area contributed by atoms with Crippen LogP contribution in [0.2, 0.25) is 0 Å². The molecular weight excluding hydrogens is 316 g/mol. The first-order chi connectivity index (χ1) is 9.86. The number of hydrogen-bond acceptors (Lipinski definition) is 5. The first-order valence-electron chi connectivity index (χ1n) is 6.39. The van der Waals surface area contributed by atoms with Crippen LogP contribution in [0, 0.1) is 5.92 Å². The molecule has 7 nitrogen and oxygen atoms in total. The molecule has 0 aliphatic carbocycles. The molecule has 1 heterocycles. The van der Waals surface area contributed by atoms with Crippen molar-refractivity contribution >= 4 is 33.2 Å². The van der Waals surface area contributed by atoms with Gasteiger partial charge in [-0.15, -0.1) is 11.3 Å². The molecule has 1 amide bonds. The average Bonchev–Trinajstić information content (AvgIpc) is 2.93. The summed E-state index contributed by atoms with van der Waals surface area (Å²) in [5.41, 5.74) is 0. The minimum absolute atomic E-state index is 0.0318. The van der Waals surface area contributed by atoms with E-state index < -0.39 is 21.9 Å². The maximum Gasteiger partial charge on any atom is 0.308 e. The summed E-state index contributed by atoms with van der Waals surface area (Å²) in [7, 11) is -3.57. The SMILES string of the molecule is CCC(CNC(=O)CCNS(=O)(=O)c1cccs1)C(=O)O. The van der Waals surface area contributed by atoms with Gasteiger partial charge in [0, 0.05) is 19.5 Å². The second kappa shape index (κ2) is 8.11. The summed E-state index contributed by atoms with van der Waals surface area (Å²) >= 11 is 1.09. The molecule has 0 aliphatic heterocycles. The van der Waals surface area contributed by atoms with Crippen LogP contribution in [-0.4, -0.2) is 38.5 Å². The minimum atomic E-state index is -3.57. The van der Waals surface area contributed by atoms with Crippen molar-refractivity contribution in [3.05, 3.63) is 17.5 Å². The first kappa shape index (κ1) is 17.6. The number of hydrogen-bond donors (Lipinski definition) is 3. The maximum atomic E-state index is 11.8. The zero-order valence-electron chi connectivity index (χ0n) is 11.5. The molecule has 1 atom stereocenters. The molecule has 0 saturated carbocycles. The van der Waals surface area contributed by atoms with Crippen molar-refractivity contribution in [2.75, 3.05) is 13.1 Å². The molecule has 1 unspecified atom stereocenters. The fraction of sp³-hybridized carbons (Fsp3) is 0.500. The maximum absolute atomic E-state index is 11.8. The van der Waals surface area contributed by atoms with Crippen LogP contribution >= 0.6 is 11.3 Å². The van der Waals surface area contributed by atoms with Crippen molar-refractivity contribution in [3.8, 4) is 0 Å². The third-order valence-corrected chi connectivity index (χ3v) is 5.65. The van der Waals surface area contributed by atoms with Gasteiger partial charge in [0.15, 0.2) is 0 Å². The lowest BCUT2D eigenvalue weighted by Crippen LogP contribution is -2.35. The van der Waals surface area contributed by atoms with Crippen LogP contribution < -0.4 is 10.0 Å². The van der Waals surface area contributed by atoms with Crippen LogP contribution in [-0.2, 0) is 19.6 Å². The molecule has 0 spiro atoms. The Kier molecular flexibility index (Phi) is 6.79. The van der Waals surface area contributed by atoms with Crippen molar-refractivity contribution in [3.63, 3.8) is 0 Å². The van der Waals surface area contributed by atoms with Crippen molar-refractivity contribution in [1.29, 1.82) is 0 Å². The number of carboxylic acids is 1. The number of nitrogens with one attached hydrogen (secondary N) is 2. The van der Waals surface area contributed by atoms with Crippen LogP contribution in [0.1, 0.15) is 19.8 Å². The topological polar surface area (TPSA) is 113 Å². The standard InChI is InChI=1S/C12H18N2O5S2/c1-2-9(12(16)17)8-13-10(15)5-6-14-21(18,19)11-4-3-7-20-11/h3-4,7,9,14H,2,5-6,8H2,1H3,(H,13,15)(H,16,17). The quantitative estimate of drug-likeness (QED) is 0.613. The lowest BCUT2D eigenvalue weighted by Gasteiger charge is -2.11. The Morgan fingerprint density at radius 1 is 1.43 bits per heavy atom. The van der Waals surface area contributed by atoms with Crippen molar-refractivity contribution in [2.45, 2.75) is 24.0 Å². The molecule has 1 aromatic rings. The molecule has 21 heavy (non-hydrogen) atoms. The van der Waals surface area contributed by atoms with E-state index in [9.17, 15) is 18.0 Å². The number of carboxylic acid groups (broad SMARTS) is 1. The highest BCUT2D eigenvalue weighted by molar-refractivity contribution is 7.91. The highest BCUT2D eigenvalue weighted by Gasteiger charge is 2.17. The monoisotopic (exact) mass is 334 g/mol. The van der Waals surface area contributed by atoms with Gasteiger partial charge >= 0.3 is 5.97 Å². The molecule has 0 bridgehead atoms. The van der Waals surface area contributed by atoms with Crippen LogP contribution in [0.3, 0.4) is 0 Å². The third kappa shape index (κ3) is 5.82. The van der Waals surface area contributed by atoms with E-state index in [0.29, 0.717) is 6.42 Å². The number of sulfonamides is 1. The highest BCUT2D eigenvalue weighted by Crippen LogP contribution is 2.14. The molecular formula is C12H18N2O5S2. The van der Waals surface area contributed by atoms with Gasteiger partial charge in [0.05, 0.1) is 5.92 Å². The fourth-order valence-corrected chi connectivity index (χ4v) is 3.59. The normalized spacial score (nSPS) is 12.8. The number of thiophene rings is 1. The summed E-state index contributed by atoms with van der Waals surface area (Å²) in [6, 6.07) is 3.11. The average molecular weight is 334 g/mol. The molecule has 3 N–H and O–H groups in total. The molecule has 118 valence electrons. The van der Waals surface area contributed by atoms with E-state index in [-0.39, 0.29) is 29.6 Å². The number of amides is 1. The number of carbonyl (C=O) groups is 2. The second-order valence-corrected chi connectivity index (χ2v) is 7.27. The Morgan fingerprint density at radius 2 is 2.14 bits per heavy atom. The van der Waals surface area contributed by atoms with Crippen molar-refractivity contribution in [1.82, 2.24) is 10.0 Å². The molecule has 1 rings (SSSR count). The van der Waals surface area contributed by atoms with Gasteiger partial charge in [0.2, 0.25) is 15.9 Å². The van der Waals surface area contributed by atoms with E-state index >= 15 is 0 Å². The second-order valence-electron chi connectivity index (χ2n) is 4.33. The number of carbonyl (C=O) groups excluding carboxylic acids is 1. The summed E-state index contributed by atoms with van der Waals surface area (Å²) < 4.78 is 26.0. The summed E-state index contributed by atoms with van der Waals surface area (Å²) in [5.74, 6) is -1.98. The first-order valence-corrected chi connectivity index (χ1v) is 8.75. The summed E-state index contributed by atoms with van der Waals surface area (Å²) in [6.45, 7) is 1.73. The third-order valence-electron chi connectivity index (χ3n) is 2.79. The van der Waals surface area contributed by atoms with E-state index in [1.54, 1.807) is 18.4 Å². The van der Waals surface area contributed by atoms with Gasteiger partial charge in [-0.2, -0.15) is 0 Å². The zero-order chi connectivity index (χ0) is 15.9. The van der Waals surface area contributed by atoms with Gasteiger partial charge in [-0.25, -0.2) is 13.1 Å². The molecule has 0 saturated heterocycles. The van der Waals surface area contributed by atoms with E-state index in [1.165, 1.54) is 6.07 Å². The Balaban J connectivity index is 2.33. The predicted octanol–water partition coefficient (Wildman–Crippen LogP) is 0.643. The van der Waals surface area contributed by atoms with Gasteiger partial charge in [-0.3, -0.25) is 9.59 Å². The Morgan fingerprint density at radius 3 is 2.67 bits per heavy atom. The molecule has 0 aliphatic rings. The van der Waals surface area contributed by atoms with Crippen LogP contribution in [0.15, 0.2) is 21.7 Å². The van der Waals surface area contributed by atoms with E-state index in [1.807, 2.05) is 0 Å². The Bertz CT molecular complexity index is 568. The van der Waals surface area contributed by atoms with Gasteiger partial charge < -0.3 is 10.4 Å².